The summed E-state index contributed by atoms with van der Waals surface area (Å²) in [5.74, 6) is 0.123. The number of sulfonamides is 1. The van der Waals surface area contributed by atoms with Crippen molar-refractivity contribution in [1.82, 2.24) is 9.21 Å². The van der Waals surface area contributed by atoms with Gasteiger partial charge in [0.25, 0.3) is 5.91 Å². The average molecular weight is 597 g/mol. The lowest BCUT2D eigenvalue weighted by atomic mass is 9.99. The minimum absolute atomic E-state index is 0.00396. The topological polar surface area (TPSA) is 138 Å². The molecule has 1 aliphatic rings. The molecular weight excluding hydrogens is 560 g/mol. The van der Waals surface area contributed by atoms with Crippen LogP contribution in [-0.4, -0.2) is 80.7 Å². The van der Waals surface area contributed by atoms with Crippen molar-refractivity contribution in [1.29, 1.82) is 0 Å². The van der Waals surface area contributed by atoms with Gasteiger partial charge >= 0.3 is 6.03 Å². The molecule has 3 aromatic rings. The number of urea groups is 1. The van der Waals surface area contributed by atoms with E-state index < -0.39 is 28.2 Å². The second-order valence-electron chi connectivity index (χ2n) is 10.2. The van der Waals surface area contributed by atoms with Crippen LogP contribution in [0.5, 0.6) is 11.5 Å². The molecule has 0 aliphatic carbocycles. The van der Waals surface area contributed by atoms with E-state index in [0.717, 1.165) is 0 Å². The molecule has 1 aliphatic heterocycles. The van der Waals surface area contributed by atoms with Gasteiger partial charge in [-0.2, -0.15) is 4.31 Å². The summed E-state index contributed by atoms with van der Waals surface area (Å²) in [5, 5.41) is 15.4. The van der Waals surface area contributed by atoms with Crippen molar-refractivity contribution in [3.05, 3.63) is 78.4 Å². The Balaban J connectivity index is 1.61. The molecule has 0 unspecified atom stereocenters. The molecule has 3 amide bonds. The van der Waals surface area contributed by atoms with E-state index in [-0.39, 0.29) is 47.7 Å². The molecule has 224 valence electrons. The fourth-order valence-electron chi connectivity index (χ4n) is 4.61. The Kier molecular flexibility index (Phi) is 9.71. The SMILES string of the molecule is COc1ccc(S(=O)(=O)N(C)C[C@@H]2Oc3ccc(NC(=O)Nc4ccccc4)cc3C(=O)N([C@@H](C)CO)C[C@@H]2C)cc1. The van der Waals surface area contributed by atoms with Crippen LogP contribution < -0.4 is 20.1 Å². The summed E-state index contributed by atoms with van der Waals surface area (Å²) < 4.78 is 39.4. The van der Waals surface area contributed by atoms with Crippen molar-refractivity contribution in [3.63, 3.8) is 0 Å². The highest BCUT2D eigenvalue weighted by atomic mass is 32.2. The lowest BCUT2D eigenvalue weighted by Gasteiger charge is -2.38. The van der Waals surface area contributed by atoms with Crippen LogP contribution in [0.2, 0.25) is 0 Å². The van der Waals surface area contributed by atoms with Gasteiger partial charge in [0, 0.05) is 30.9 Å². The van der Waals surface area contributed by atoms with Gasteiger partial charge in [0.1, 0.15) is 17.6 Å². The number of aliphatic hydroxyl groups excluding tert-OH is 1. The van der Waals surface area contributed by atoms with Crippen molar-refractivity contribution < 1.29 is 32.6 Å². The van der Waals surface area contributed by atoms with Crippen molar-refractivity contribution in [2.75, 3.05) is 44.5 Å². The number of amides is 3. The predicted octanol–water partition coefficient (Wildman–Crippen LogP) is 3.88. The standard InChI is InChI=1S/C30H36N4O7S/c1-20-17-34(21(2)19-35)29(36)26-16-23(32-30(37)31-22-8-6-5-7-9-22)10-15-27(26)41-28(20)18-33(3)42(38,39)25-13-11-24(40-4)12-14-25/h5-16,20-21,28,35H,17-19H2,1-4H3,(H2,31,32,37)/t20-,21-,28-/m0/s1. The van der Waals surface area contributed by atoms with Gasteiger partial charge in [-0.3, -0.25) is 4.79 Å². The predicted molar refractivity (Wildman–Crippen MR) is 159 cm³/mol. The molecule has 0 aromatic heterocycles. The molecule has 11 nitrogen and oxygen atoms in total. The number of fused-ring (bicyclic) bond motifs is 1. The van der Waals surface area contributed by atoms with Crippen LogP contribution in [0.15, 0.2) is 77.7 Å². The van der Waals surface area contributed by atoms with Crippen molar-refractivity contribution in [2.24, 2.45) is 5.92 Å². The zero-order chi connectivity index (χ0) is 30.4. The van der Waals surface area contributed by atoms with Crippen molar-refractivity contribution >= 4 is 33.3 Å². The summed E-state index contributed by atoms with van der Waals surface area (Å²) in [6.07, 6.45) is -0.636. The van der Waals surface area contributed by atoms with E-state index in [1.807, 2.05) is 13.0 Å². The first-order chi connectivity index (χ1) is 20.0. The zero-order valence-corrected chi connectivity index (χ0v) is 24.8. The largest absolute Gasteiger partial charge is 0.497 e. The van der Waals surface area contributed by atoms with Crippen LogP contribution >= 0.6 is 0 Å². The van der Waals surface area contributed by atoms with E-state index in [1.165, 1.54) is 36.7 Å². The lowest BCUT2D eigenvalue weighted by Crippen LogP contribution is -2.50. The van der Waals surface area contributed by atoms with Gasteiger partial charge in [0.2, 0.25) is 10.0 Å². The number of hydrogen-bond acceptors (Lipinski definition) is 7. The van der Waals surface area contributed by atoms with Gasteiger partial charge in [-0.25, -0.2) is 13.2 Å². The van der Waals surface area contributed by atoms with E-state index in [0.29, 0.717) is 17.1 Å². The van der Waals surface area contributed by atoms with E-state index in [9.17, 15) is 23.1 Å². The number of carbonyl (C=O) groups excluding carboxylic acids is 2. The highest BCUT2D eigenvalue weighted by Gasteiger charge is 2.35. The zero-order valence-electron chi connectivity index (χ0n) is 24.0. The Morgan fingerprint density at radius 3 is 2.40 bits per heavy atom. The third-order valence-electron chi connectivity index (χ3n) is 7.16. The monoisotopic (exact) mass is 596 g/mol. The van der Waals surface area contributed by atoms with Crippen LogP contribution in [0, 0.1) is 5.92 Å². The lowest BCUT2D eigenvalue weighted by molar-refractivity contribution is 0.0387. The summed E-state index contributed by atoms with van der Waals surface area (Å²) in [7, 11) is -0.870. The number of aliphatic hydroxyl groups is 1. The molecule has 0 saturated heterocycles. The van der Waals surface area contributed by atoms with Gasteiger partial charge in [0.15, 0.2) is 0 Å². The van der Waals surface area contributed by atoms with Crippen LogP contribution in [-0.2, 0) is 10.0 Å². The third kappa shape index (κ3) is 7.01. The van der Waals surface area contributed by atoms with Gasteiger partial charge in [-0.1, -0.05) is 25.1 Å². The Labute approximate surface area is 246 Å². The number of carbonyl (C=O) groups is 2. The highest BCUT2D eigenvalue weighted by molar-refractivity contribution is 7.89. The molecular formula is C30H36N4O7S. The molecule has 0 radical (unpaired) electrons. The summed E-state index contributed by atoms with van der Waals surface area (Å²) in [6, 6.07) is 18.8. The highest BCUT2D eigenvalue weighted by Crippen LogP contribution is 2.31. The molecule has 0 spiro atoms. The number of methoxy groups -OCH3 is 1. The fraction of sp³-hybridized carbons (Fsp3) is 0.333. The van der Waals surface area contributed by atoms with Crippen molar-refractivity contribution in [3.8, 4) is 11.5 Å². The summed E-state index contributed by atoms with van der Waals surface area (Å²) in [6.45, 7) is 3.56. The number of rotatable bonds is 9. The minimum atomic E-state index is -3.85. The van der Waals surface area contributed by atoms with Gasteiger partial charge in [0.05, 0.1) is 36.8 Å². The number of benzene rings is 3. The number of nitrogens with one attached hydrogen (secondary N) is 2. The molecule has 0 fully saturated rings. The molecule has 3 N–H and O–H groups in total. The quantitative estimate of drug-likeness (QED) is 0.341. The third-order valence-corrected chi connectivity index (χ3v) is 9.00. The number of likely N-dealkylation sites (N-methyl/N-ethyl adjacent to an activating group) is 1. The number of hydrogen-bond donors (Lipinski definition) is 3. The van der Waals surface area contributed by atoms with Crippen LogP contribution in [0.3, 0.4) is 0 Å². The Morgan fingerprint density at radius 2 is 1.76 bits per heavy atom. The molecule has 1 heterocycles. The maximum absolute atomic E-state index is 13.7. The van der Waals surface area contributed by atoms with Gasteiger partial charge < -0.3 is 30.1 Å². The minimum Gasteiger partial charge on any atom is -0.497 e. The molecule has 4 rings (SSSR count). The molecule has 42 heavy (non-hydrogen) atoms. The maximum Gasteiger partial charge on any atom is 0.323 e. The molecule has 3 aromatic carbocycles. The normalized spacial score (nSPS) is 17.9. The number of para-hydroxylation sites is 1. The van der Waals surface area contributed by atoms with Crippen LogP contribution in [0.25, 0.3) is 0 Å². The van der Waals surface area contributed by atoms with Crippen molar-refractivity contribution in [2.45, 2.75) is 30.9 Å². The van der Waals surface area contributed by atoms with Gasteiger partial charge in [-0.05, 0) is 61.5 Å². The Hall–Kier alpha value is -4.13. The number of nitrogens with zero attached hydrogens (tertiary/aromatic N) is 2. The van der Waals surface area contributed by atoms with E-state index >= 15 is 0 Å². The summed E-state index contributed by atoms with van der Waals surface area (Å²) >= 11 is 0. The molecule has 0 saturated carbocycles. The molecule has 3 atom stereocenters. The number of ether oxygens (including phenoxy) is 2. The molecule has 0 bridgehead atoms. The first-order valence-electron chi connectivity index (χ1n) is 13.5. The first kappa shape index (κ1) is 30.8. The Bertz CT molecular complexity index is 1500. The maximum atomic E-state index is 13.7. The van der Waals surface area contributed by atoms with Crippen LogP contribution in [0.1, 0.15) is 24.2 Å². The first-order valence-corrected chi connectivity index (χ1v) is 14.9. The van der Waals surface area contributed by atoms with Gasteiger partial charge in [-0.15, -0.1) is 0 Å². The Morgan fingerprint density at radius 1 is 1.10 bits per heavy atom. The van der Waals surface area contributed by atoms with E-state index in [4.69, 9.17) is 9.47 Å². The smallest absolute Gasteiger partial charge is 0.323 e. The number of anilines is 2. The van der Waals surface area contributed by atoms with E-state index in [2.05, 4.69) is 10.6 Å². The van der Waals surface area contributed by atoms with E-state index in [1.54, 1.807) is 60.4 Å². The summed E-state index contributed by atoms with van der Waals surface area (Å²) in [4.78, 5) is 27.9. The molecule has 12 heteroatoms. The second kappa shape index (κ2) is 13.2. The summed E-state index contributed by atoms with van der Waals surface area (Å²) in [5.41, 5.74) is 1.15. The average Bonchev–Trinajstić information content (AvgIpc) is 2.99. The second-order valence-corrected chi connectivity index (χ2v) is 12.3. The fourth-order valence-corrected chi connectivity index (χ4v) is 5.80. The van der Waals surface area contributed by atoms with Crippen LogP contribution in [0.4, 0.5) is 16.2 Å².